The molecule has 8 heteroatoms. The van der Waals surface area contributed by atoms with Crippen molar-refractivity contribution in [1.29, 1.82) is 0 Å². The number of halogens is 1. The third kappa shape index (κ3) is 3.05. The van der Waals surface area contributed by atoms with Crippen LogP contribution in [0.1, 0.15) is 35.8 Å². The lowest BCUT2D eigenvalue weighted by Gasteiger charge is -2.34. The zero-order valence-electron chi connectivity index (χ0n) is 12.0. The smallest absolute Gasteiger partial charge is 0.316 e. The molecule has 1 amide bonds. The molecule has 0 bridgehead atoms. The fourth-order valence-corrected chi connectivity index (χ4v) is 2.16. The van der Waals surface area contributed by atoms with E-state index in [9.17, 15) is 4.79 Å². The van der Waals surface area contributed by atoms with Gasteiger partial charge in [-0.05, 0) is 43.5 Å². The van der Waals surface area contributed by atoms with Gasteiger partial charge in [-0.3, -0.25) is 4.79 Å². The standard InChI is InChI=1S/C14H16N4O3.ClH/c1-20-10-5-3-9(4-6-10)16-11(19)12-17-13(18-21-12)14(15)7-2-8-14;/h3-6H,2,7-8,15H2,1H3,(H,16,19);1H. The summed E-state index contributed by atoms with van der Waals surface area (Å²) in [4.78, 5) is 16.1. The highest BCUT2D eigenvalue weighted by Gasteiger charge is 2.39. The molecular formula is C14H17ClN4O3. The van der Waals surface area contributed by atoms with Crippen molar-refractivity contribution in [2.45, 2.75) is 24.8 Å². The molecule has 0 saturated heterocycles. The molecule has 1 fully saturated rings. The van der Waals surface area contributed by atoms with Crippen molar-refractivity contribution in [3.05, 3.63) is 36.0 Å². The van der Waals surface area contributed by atoms with Crippen LogP contribution < -0.4 is 15.8 Å². The van der Waals surface area contributed by atoms with E-state index in [1.807, 2.05) is 0 Å². The summed E-state index contributed by atoms with van der Waals surface area (Å²) < 4.78 is 10.0. The van der Waals surface area contributed by atoms with Gasteiger partial charge >= 0.3 is 11.8 Å². The highest BCUT2D eigenvalue weighted by molar-refractivity contribution is 6.00. The molecule has 3 rings (SSSR count). The Morgan fingerprint density at radius 2 is 2.05 bits per heavy atom. The van der Waals surface area contributed by atoms with Crippen LogP contribution in [0.5, 0.6) is 5.75 Å². The maximum atomic E-state index is 12.0. The number of nitrogens with zero attached hydrogens (tertiary/aromatic N) is 2. The van der Waals surface area contributed by atoms with Crippen LogP contribution in [0.25, 0.3) is 0 Å². The minimum atomic E-state index is -0.540. The van der Waals surface area contributed by atoms with Crippen molar-refractivity contribution in [2.75, 3.05) is 12.4 Å². The van der Waals surface area contributed by atoms with Crippen molar-refractivity contribution in [3.63, 3.8) is 0 Å². The molecular weight excluding hydrogens is 308 g/mol. The predicted octanol–water partition coefficient (Wildman–Crippen LogP) is 2.09. The van der Waals surface area contributed by atoms with Crippen LogP contribution in [-0.2, 0) is 5.54 Å². The van der Waals surface area contributed by atoms with E-state index < -0.39 is 11.4 Å². The first-order chi connectivity index (χ1) is 10.1. The van der Waals surface area contributed by atoms with Crippen molar-refractivity contribution < 1.29 is 14.1 Å². The average Bonchev–Trinajstić information content (AvgIpc) is 2.96. The Morgan fingerprint density at radius 3 is 2.59 bits per heavy atom. The number of carbonyl (C=O) groups is 1. The molecule has 2 aromatic rings. The zero-order chi connectivity index (χ0) is 14.9. The number of aromatic nitrogens is 2. The number of hydrogen-bond donors (Lipinski definition) is 2. The van der Waals surface area contributed by atoms with Crippen LogP contribution in [0.3, 0.4) is 0 Å². The molecule has 1 saturated carbocycles. The number of methoxy groups -OCH3 is 1. The van der Waals surface area contributed by atoms with Gasteiger partial charge in [-0.15, -0.1) is 12.4 Å². The van der Waals surface area contributed by atoms with E-state index in [1.54, 1.807) is 31.4 Å². The highest BCUT2D eigenvalue weighted by Crippen LogP contribution is 2.36. The maximum Gasteiger partial charge on any atom is 0.316 e. The summed E-state index contributed by atoms with van der Waals surface area (Å²) in [6.07, 6.45) is 2.66. The second kappa shape index (κ2) is 6.33. The molecule has 118 valence electrons. The van der Waals surface area contributed by atoms with Gasteiger partial charge in [0.2, 0.25) is 0 Å². The number of hydrogen-bond acceptors (Lipinski definition) is 6. The van der Waals surface area contributed by atoms with Gasteiger partial charge in [-0.1, -0.05) is 5.16 Å². The zero-order valence-corrected chi connectivity index (χ0v) is 12.9. The molecule has 0 spiro atoms. The number of ether oxygens (including phenoxy) is 1. The summed E-state index contributed by atoms with van der Waals surface area (Å²) in [5.74, 6) is 0.566. The normalized spacial score (nSPS) is 15.4. The van der Waals surface area contributed by atoms with Crippen LogP contribution in [-0.4, -0.2) is 23.2 Å². The van der Waals surface area contributed by atoms with Crippen LogP contribution in [0.4, 0.5) is 5.69 Å². The number of nitrogens with one attached hydrogen (secondary N) is 1. The molecule has 0 unspecified atom stereocenters. The van der Waals surface area contributed by atoms with E-state index in [4.69, 9.17) is 15.0 Å². The van der Waals surface area contributed by atoms with E-state index in [-0.39, 0.29) is 18.3 Å². The molecule has 3 N–H and O–H groups in total. The largest absolute Gasteiger partial charge is 0.497 e. The number of rotatable bonds is 4. The third-order valence-electron chi connectivity index (χ3n) is 3.66. The summed E-state index contributed by atoms with van der Waals surface area (Å²) in [6, 6.07) is 6.95. The first-order valence-electron chi connectivity index (χ1n) is 6.69. The number of anilines is 1. The van der Waals surface area contributed by atoms with E-state index in [0.29, 0.717) is 17.3 Å². The minimum absolute atomic E-state index is 0. The fraction of sp³-hybridized carbons (Fsp3) is 0.357. The molecule has 0 atom stereocenters. The molecule has 1 heterocycles. The first kappa shape index (κ1) is 16.3. The third-order valence-corrected chi connectivity index (χ3v) is 3.66. The van der Waals surface area contributed by atoms with Gasteiger partial charge in [-0.25, -0.2) is 0 Å². The van der Waals surface area contributed by atoms with Crippen LogP contribution >= 0.6 is 12.4 Å². The van der Waals surface area contributed by atoms with Gasteiger partial charge in [-0.2, -0.15) is 4.98 Å². The molecule has 1 aromatic heterocycles. The molecule has 0 radical (unpaired) electrons. The number of benzene rings is 1. The fourth-order valence-electron chi connectivity index (χ4n) is 2.16. The topological polar surface area (TPSA) is 103 Å². The lowest BCUT2D eigenvalue weighted by Crippen LogP contribution is -2.44. The van der Waals surface area contributed by atoms with Gasteiger partial charge < -0.3 is 20.3 Å². The lowest BCUT2D eigenvalue weighted by molar-refractivity contribution is 0.0981. The molecule has 1 aliphatic carbocycles. The molecule has 0 aliphatic heterocycles. The van der Waals surface area contributed by atoms with E-state index in [0.717, 1.165) is 19.3 Å². The molecule has 7 nitrogen and oxygen atoms in total. The maximum absolute atomic E-state index is 12.0. The number of amides is 1. The predicted molar refractivity (Wildman–Crippen MR) is 82.2 cm³/mol. The summed E-state index contributed by atoms with van der Waals surface area (Å²) in [7, 11) is 1.58. The lowest BCUT2D eigenvalue weighted by atomic mass is 9.77. The van der Waals surface area contributed by atoms with Gasteiger partial charge in [0.25, 0.3) is 0 Å². The first-order valence-corrected chi connectivity index (χ1v) is 6.69. The highest BCUT2D eigenvalue weighted by atomic mass is 35.5. The molecule has 22 heavy (non-hydrogen) atoms. The molecule has 1 aromatic carbocycles. The van der Waals surface area contributed by atoms with Crippen LogP contribution in [0.15, 0.2) is 28.8 Å². The van der Waals surface area contributed by atoms with Crippen molar-refractivity contribution in [1.82, 2.24) is 10.1 Å². The summed E-state index contributed by atoms with van der Waals surface area (Å²) in [5, 5.41) is 6.49. The van der Waals surface area contributed by atoms with Crippen molar-refractivity contribution in [3.8, 4) is 5.75 Å². The van der Waals surface area contributed by atoms with E-state index >= 15 is 0 Å². The monoisotopic (exact) mass is 324 g/mol. The SMILES string of the molecule is COc1ccc(NC(=O)c2nc(C3(N)CCC3)no2)cc1.Cl. The Morgan fingerprint density at radius 1 is 1.36 bits per heavy atom. The van der Waals surface area contributed by atoms with Gasteiger partial charge in [0.1, 0.15) is 5.75 Å². The quantitative estimate of drug-likeness (QED) is 0.892. The Kier molecular flexibility index (Phi) is 4.68. The van der Waals surface area contributed by atoms with Gasteiger partial charge in [0.15, 0.2) is 5.82 Å². The van der Waals surface area contributed by atoms with E-state index in [2.05, 4.69) is 15.5 Å². The Bertz CT molecular complexity index is 652. The number of nitrogens with two attached hydrogens (primary N) is 1. The average molecular weight is 325 g/mol. The van der Waals surface area contributed by atoms with Crippen LogP contribution in [0, 0.1) is 0 Å². The van der Waals surface area contributed by atoms with E-state index in [1.165, 1.54) is 0 Å². The Balaban J connectivity index is 0.00000176. The van der Waals surface area contributed by atoms with Gasteiger partial charge in [0, 0.05) is 5.69 Å². The Hall–Kier alpha value is -2.12. The molecule has 1 aliphatic rings. The Labute approximate surface area is 133 Å². The second-order valence-corrected chi connectivity index (χ2v) is 5.12. The summed E-state index contributed by atoms with van der Waals surface area (Å²) in [5.41, 5.74) is 6.17. The number of carbonyl (C=O) groups excluding carboxylic acids is 1. The van der Waals surface area contributed by atoms with Gasteiger partial charge in [0.05, 0.1) is 12.6 Å². The van der Waals surface area contributed by atoms with Crippen molar-refractivity contribution >= 4 is 24.0 Å². The van der Waals surface area contributed by atoms with Crippen LogP contribution in [0.2, 0.25) is 0 Å². The minimum Gasteiger partial charge on any atom is -0.497 e. The summed E-state index contributed by atoms with van der Waals surface area (Å²) >= 11 is 0. The summed E-state index contributed by atoms with van der Waals surface area (Å²) in [6.45, 7) is 0. The van der Waals surface area contributed by atoms with Crippen molar-refractivity contribution in [2.24, 2.45) is 5.73 Å². The second-order valence-electron chi connectivity index (χ2n) is 5.12.